The summed E-state index contributed by atoms with van der Waals surface area (Å²) in [6.07, 6.45) is 0.665. The third-order valence-corrected chi connectivity index (χ3v) is 1.78. The SMILES string of the molecule is CCO[PH](=O)CC.[NaH]. The molecule has 0 heterocycles. The molecule has 4 heteroatoms. The van der Waals surface area contributed by atoms with E-state index in [1.807, 2.05) is 13.8 Å². The summed E-state index contributed by atoms with van der Waals surface area (Å²) >= 11 is 0. The summed E-state index contributed by atoms with van der Waals surface area (Å²) in [6, 6.07) is 0. The van der Waals surface area contributed by atoms with Crippen LogP contribution in [0.5, 0.6) is 0 Å². The summed E-state index contributed by atoms with van der Waals surface area (Å²) in [5.41, 5.74) is 0. The normalized spacial score (nSPS) is 12.2. The van der Waals surface area contributed by atoms with E-state index in [0.717, 1.165) is 0 Å². The fourth-order valence-corrected chi connectivity index (χ4v) is 0.789. The molecule has 0 aliphatic carbocycles. The van der Waals surface area contributed by atoms with Gasteiger partial charge in [0.1, 0.15) is 0 Å². The van der Waals surface area contributed by atoms with E-state index in [-0.39, 0.29) is 29.6 Å². The van der Waals surface area contributed by atoms with Crippen molar-refractivity contribution >= 4 is 37.6 Å². The Labute approximate surface area is 73.2 Å². The first kappa shape index (κ1) is 11.9. The molecule has 0 amide bonds. The molecule has 0 aromatic carbocycles. The van der Waals surface area contributed by atoms with Crippen molar-refractivity contribution in [1.82, 2.24) is 0 Å². The molecular formula is C4H12NaO2P. The molecule has 8 heavy (non-hydrogen) atoms. The van der Waals surface area contributed by atoms with Gasteiger partial charge in [0.25, 0.3) is 0 Å². The molecular weight excluding hydrogens is 134 g/mol. The van der Waals surface area contributed by atoms with Crippen LogP contribution in [-0.2, 0) is 9.09 Å². The average Bonchev–Trinajstić information content (AvgIpc) is 1.68. The molecule has 0 fully saturated rings. The summed E-state index contributed by atoms with van der Waals surface area (Å²) < 4.78 is 15.1. The van der Waals surface area contributed by atoms with Crippen molar-refractivity contribution < 1.29 is 9.09 Å². The monoisotopic (exact) mass is 146 g/mol. The van der Waals surface area contributed by atoms with Crippen LogP contribution in [-0.4, -0.2) is 42.3 Å². The molecule has 0 aromatic heterocycles. The molecule has 0 bridgehead atoms. The van der Waals surface area contributed by atoms with Gasteiger partial charge in [-0.25, -0.2) is 0 Å². The standard InChI is InChI=1S/C4H11O2P.Na.H/c1-3-6-7(5)4-2;;/h7H,3-4H2,1-2H3;;. The van der Waals surface area contributed by atoms with Gasteiger partial charge in [0.15, 0.2) is 8.03 Å². The Bertz CT molecular complexity index is 67.1. The maximum absolute atomic E-state index is 10.4. The van der Waals surface area contributed by atoms with Crippen molar-refractivity contribution in [2.45, 2.75) is 13.8 Å². The Hall–Kier alpha value is 1.19. The van der Waals surface area contributed by atoms with E-state index in [1.165, 1.54) is 0 Å². The van der Waals surface area contributed by atoms with E-state index in [0.29, 0.717) is 12.8 Å². The number of rotatable bonds is 3. The Balaban J connectivity index is 0. The molecule has 2 nitrogen and oxygen atoms in total. The van der Waals surface area contributed by atoms with Gasteiger partial charge in [0.05, 0.1) is 6.61 Å². The minimum atomic E-state index is -1.63. The Morgan fingerprint density at radius 1 is 1.50 bits per heavy atom. The number of hydrogen-bond acceptors (Lipinski definition) is 2. The van der Waals surface area contributed by atoms with Gasteiger partial charge < -0.3 is 4.52 Å². The van der Waals surface area contributed by atoms with Gasteiger partial charge in [-0.15, -0.1) is 0 Å². The van der Waals surface area contributed by atoms with E-state index in [4.69, 9.17) is 4.52 Å². The van der Waals surface area contributed by atoms with Crippen molar-refractivity contribution in [3.05, 3.63) is 0 Å². The summed E-state index contributed by atoms with van der Waals surface area (Å²) in [4.78, 5) is 0. The van der Waals surface area contributed by atoms with Crippen LogP contribution in [0, 0.1) is 0 Å². The topological polar surface area (TPSA) is 26.3 Å². The van der Waals surface area contributed by atoms with Crippen LogP contribution in [0.4, 0.5) is 0 Å². The van der Waals surface area contributed by atoms with Crippen molar-refractivity contribution in [1.29, 1.82) is 0 Å². The van der Waals surface area contributed by atoms with E-state index >= 15 is 0 Å². The summed E-state index contributed by atoms with van der Waals surface area (Å²) in [6.45, 7) is 4.28. The molecule has 0 aliphatic rings. The van der Waals surface area contributed by atoms with Crippen LogP contribution in [0.15, 0.2) is 0 Å². The van der Waals surface area contributed by atoms with Crippen LogP contribution in [0.3, 0.4) is 0 Å². The zero-order chi connectivity index (χ0) is 5.70. The molecule has 1 atom stereocenters. The Morgan fingerprint density at radius 2 is 2.00 bits per heavy atom. The predicted octanol–water partition coefficient (Wildman–Crippen LogP) is 0.869. The summed E-state index contributed by atoms with van der Waals surface area (Å²) in [7, 11) is -1.63. The second-order valence-corrected chi connectivity index (χ2v) is 2.90. The third-order valence-electron chi connectivity index (χ3n) is 0.594. The Morgan fingerprint density at radius 3 is 2.12 bits per heavy atom. The first-order chi connectivity index (χ1) is 3.31. The third kappa shape index (κ3) is 7.19. The van der Waals surface area contributed by atoms with E-state index in [9.17, 15) is 4.57 Å². The minimum absolute atomic E-state index is 0. The van der Waals surface area contributed by atoms with Crippen molar-refractivity contribution in [2.24, 2.45) is 0 Å². The zero-order valence-corrected chi connectivity index (χ0v) is 5.73. The van der Waals surface area contributed by atoms with Crippen LogP contribution in [0.2, 0.25) is 0 Å². The molecule has 0 N–H and O–H groups in total. The fourth-order valence-electron chi connectivity index (χ4n) is 0.263. The fraction of sp³-hybridized carbons (Fsp3) is 1.00. The summed E-state index contributed by atoms with van der Waals surface area (Å²) in [5, 5.41) is 0. The molecule has 0 saturated heterocycles. The van der Waals surface area contributed by atoms with Crippen molar-refractivity contribution in [2.75, 3.05) is 12.8 Å². The van der Waals surface area contributed by atoms with Gasteiger partial charge in [0.2, 0.25) is 0 Å². The molecule has 0 saturated carbocycles. The van der Waals surface area contributed by atoms with Gasteiger partial charge in [-0.1, -0.05) is 6.92 Å². The molecule has 1 unspecified atom stereocenters. The first-order valence-electron chi connectivity index (χ1n) is 2.46. The molecule has 46 valence electrons. The van der Waals surface area contributed by atoms with Crippen LogP contribution in [0.25, 0.3) is 0 Å². The van der Waals surface area contributed by atoms with E-state index < -0.39 is 8.03 Å². The predicted molar refractivity (Wildman–Crippen MR) is 38.3 cm³/mol. The van der Waals surface area contributed by atoms with Crippen LogP contribution >= 0.6 is 8.03 Å². The van der Waals surface area contributed by atoms with E-state index in [1.54, 1.807) is 0 Å². The quantitative estimate of drug-likeness (QED) is 0.436. The van der Waals surface area contributed by atoms with Gasteiger partial charge in [0, 0.05) is 6.16 Å². The average molecular weight is 146 g/mol. The summed E-state index contributed by atoms with van der Waals surface area (Å²) in [5.74, 6) is 0. The molecule has 0 radical (unpaired) electrons. The molecule has 0 aromatic rings. The molecule has 0 rings (SSSR count). The molecule has 0 aliphatic heterocycles. The van der Waals surface area contributed by atoms with Gasteiger partial charge in [-0.2, -0.15) is 0 Å². The van der Waals surface area contributed by atoms with Gasteiger partial charge >= 0.3 is 29.6 Å². The zero-order valence-electron chi connectivity index (χ0n) is 4.73. The van der Waals surface area contributed by atoms with Crippen LogP contribution in [0.1, 0.15) is 13.8 Å². The molecule has 0 spiro atoms. The van der Waals surface area contributed by atoms with Crippen LogP contribution < -0.4 is 0 Å². The maximum atomic E-state index is 10.4. The van der Waals surface area contributed by atoms with Crippen molar-refractivity contribution in [3.8, 4) is 0 Å². The van der Waals surface area contributed by atoms with Crippen molar-refractivity contribution in [3.63, 3.8) is 0 Å². The van der Waals surface area contributed by atoms with Gasteiger partial charge in [-0.3, -0.25) is 4.57 Å². The first-order valence-corrected chi connectivity index (χ1v) is 3.99. The van der Waals surface area contributed by atoms with Gasteiger partial charge in [-0.05, 0) is 6.92 Å². The second-order valence-electron chi connectivity index (χ2n) is 1.16. The number of hydrogen-bond donors (Lipinski definition) is 0. The van der Waals surface area contributed by atoms with E-state index in [2.05, 4.69) is 0 Å². The second kappa shape index (κ2) is 8.19. The Kier molecular flexibility index (Phi) is 12.2.